The number of rotatable bonds is 9. The summed E-state index contributed by atoms with van der Waals surface area (Å²) in [6.45, 7) is 2.94. The molecule has 4 aromatic rings. The SMILES string of the molecule is CN[C@@H](C)C(=O)N[C@H]1CN(C(=O)c2ccc(C(C)=O)cc2)c2ccccc2N(Cc2c(OC)ccc3cc(C(=O)O)ccc23)C1=O. The van der Waals surface area contributed by atoms with E-state index in [9.17, 15) is 29.1 Å². The van der Waals surface area contributed by atoms with Crippen LogP contribution in [0, 0.1) is 0 Å². The molecule has 1 heterocycles. The van der Waals surface area contributed by atoms with Gasteiger partial charge in [0.05, 0.1) is 43.2 Å². The van der Waals surface area contributed by atoms with Crippen molar-refractivity contribution in [2.75, 3.05) is 30.5 Å². The van der Waals surface area contributed by atoms with Crippen molar-refractivity contribution in [1.82, 2.24) is 10.6 Å². The number of carbonyl (C=O) groups is 5. The maximum absolute atomic E-state index is 14.5. The zero-order chi connectivity index (χ0) is 33.1. The van der Waals surface area contributed by atoms with E-state index in [0.29, 0.717) is 44.6 Å². The van der Waals surface area contributed by atoms with Crippen LogP contribution in [0.25, 0.3) is 10.8 Å². The number of hydrogen-bond donors (Lipinski definition) is 3. The average Bonchev–Trinajstić information content (AvgIpc) is 3.18. The second kappa shape index (κ2) is 13.2. The van der Waals surface area contributed by atoms with E-state index in [4.69, 9.17) is 4.74 Å². The van der Waals surface area contributed by atoms with Gasteiger partial charge in [-0.2, -0.15) is 0 Å². The van der Waals surface area contributed by atoms with Crippen molar-refractivity contribution in [3.63, 3.8) is 0 Å². The predicted molar refractivity (Wildman–Crippen MR) is 174 cm³/mol. The second-order valence-electron chi connectivity index (χ2n) is 11.0. The normalized spacial score (nSPS) is 15.1. The summed E-state index contributed by atoms with van der Waals surface area (Å²) < 4.78 is 5.69. The molecule has 3 amide bonds. The van der Waals surface area contributed by atoms with Gasteiger partial charge < -0.3 is 30.3 Å². The number of Topliss-reactive ketones (excluding diaryl/α,β-unsaturated/α-hetero) is 1. The number of aromatic carboxylic acids is 1. The van der Waals surface area contributed by atoms with Gasteiger partial charge in [-0.1, -0.05) is 36.4 Å². The molecule has 0 aromatic heterocycles. The molecule has 0 radical (unpaired) electrons. The summed E-state index contributed by atoms with van der Waals surface area (Å²) in [5, 5.41) is 16.6. The Kier molecular flexibility index (Phi) is 9.15. The summed E-state index contributed by atoms with van der Waals surface area (Å²) in [6.07, 6.45) is 0. The number of methoxy groups -OCH3 is 1. The van der Waals surface area contributed by atoms with Crippen LogP contribution in [0.2, 0.25) is 0 Å². The van der Waals surface area contributed by atoms with Crippen LogP contribution >= 0.6 is 0 Å². The minimum Gasteiger partial charge on any atom is -0.496 e. The van der Waals surface area contributed by atoms with E-state index in [1.807, 2.05) is 0 Å². The molecule has 46 heavy (non-hydrogen) atoms. The maximum atomic E-state index is 14.5. The molecule has 3 N–H and O–H groups in total. The summed E-state index contributed by atoms with van der Waals surface area (Å²) in [6, 6.07) is 19.7. The number of amides is 3. The quantitative estimate of drug-likeness (QED) is 0.237. The van der Waals surface area contributed by atoms with Crippen molar-refractivity contribution in [3.05, 3.63) is 101 Å². The third-order valence-electron chi connectivity index (χ3n) is 8.19. The molecule has 0 spiro atoms. The Morgan fingerprint density at radius 3 is 2.22 bits per heavy atom. The van der Waals surface area contributed by atoms with Crippen LogP contribution in [0.4, 0.5) is 11.4 Å². The Labute approximate surface area is 265 Å². The molecule has 4 aromatic carbocycles. The van der Waals surface area contributed by atoms with Crippen molar-refractivity contribution in [3.8, 4) is 5.75 Å². The molecule has 0 saturated heterocycles. The van der Waals surface area contributed by atoms with Crippen LogP contribution in [0.5, 0.6) is 5.75 Å². The number of benzene rings is 4. The molecule has 2 atom stereocenters. The highest BCUT2D eigenvalue weighted by Gasteiger charge is 2.38. The van der Waals surface area contributed by atoms with Crippen molar-refractivity contribution in [1.29, 1.82) is 0 Å². The van der Waals surface area contributed by atoms with Crippen LogP contribution < -0.4 is 25.2 Å². The first-order valence-corrected chi connectivity index (χ1v) is 14.7. The Balaban J connectivity index is 1.65. The number of hydrogen-bond acceptors (Lipinski definition) is 7. The molecule has 0 fully saturated rings. The number of ketones is 1. The van der Waals surface area contributed by atoms with Gasteiger partial charge in [0.25, 0.3) is 11.8 Å². The van der Waals surface area contributed by atoms with E-state index in [1.165, 1.54) is 29.9 Å². The van der Waals surface area contributed by atoms with E-state index >= 15 is 0 Å². The van der Waals surface area contributed by atoms with Gasteiger partial charge in [0, 0.05) is 16.7 Å². The first-order chi connectivity index (χ1) is 22.0. The minimum absolute atomic E-state index is 0.00787. The molecule has 0 unspecified atom stereocenters. The number of fused-ring (bicyclic) bond motifs is 2. The van der Waals surface area contributed by atoms with E-state index in [1.54, 1.807) is 86.8 Å². The number of nitrogens with zero attached hydrogens (tertiary/aromatic N) is 2. The second-order valence-corrected chi connectivity index (χ2v) is 11.0. The lowest BCUT2D eigenvalue weighted by Crippen LogP contribution is -2.55. The van der Waals surface area contributed by atoms with Crippen molar-refractivity contribution < 1.29 is 33.8 Å². The third kappa shape index (κ3) is 6.18. The summed E-state index contributed by atoms with van der Waals surface area (Å²) in [7, 11) is 3.14. The van der Waals surface area contributed by atoms with Gasteiger partial charge in [-0.25, -0.2) is 4.79 Å². The molecule has 0 aliphatic carbocycles. The molecule has 1 aliphatic heterocycles. The first-order valence-electron chi connectivity index (χ1n) is 14.7. The van der Waals surface area contributed by atoms with E-state index in [0.717, 1.165) is 0 Å². The standard InChI is InChI=1S/C35H34N4O7/c1-20(36-3)32(41)37-28-19-39(33(42)23-11-9-22(10-12-23)21(2)40)30-8-6-5-7-29(30)38(34(28)43)18-27-26-15-13-25(35(44)45)17-24(26)14-16-31(27)46-4/h5-17,20,28,36H,18-19H2,1-4H3,(H,37,41)(H,44,45)/t20-,28-/m0/s1. The molecule has 5 rings (SSSR count). The largest absolute Gasteiger partial charge is 0.496 e. The predicted octanol–water partition coefficient (Wildman–Crippen LogP) is 4.04. The van der Waals surface area contributed by atoms with Crippen molar-refractivity contribution in [2.45, 2.75) is 32.5 Å². The summed E-state index contributed by atoms with van der Waals surface area (Å²) in [5.41, 5.74) is 2.38. The van der Waals surface area contributed by atoms with Crippen LogP contribution in [0.3, 0.4) is 0 Å². The number of nitrogens with one attached hydrogen (secondary N) is 2. The molecular weight excluding hydrogens is 588 g/mol. The lowest BCUT2D eigenvalue weighted by molar-refractivity contribution is -0.128. The fourth-order valence-corrected chi connectivity index (χ4v) is 5.50. The topological polar surface area (TPSA) is 145 Å². The Morgan fingerprint density at radius 1 is 0.935 bits per heavy atom. The monoisotopic (exact) mass is 622 g/mol. The minimum atomic E-state index is -1.13. The zero-order valence-electron chi connectivity index (χ0n) is 25.9. The van der Waals surface area contributed by atoms with Gasteiger partial charge in [-0.3, -0.25) is 19.2 Å². The van der Waals surface area contributed by atoms with Crippen LogP contribution in [-0.4, -0.2) is 67.4 Å². The maximum Gasteiger partial charge on any atom is 0.335 e. The molecule has 11 nitrogen and oxygen atoms in total. The number of carboxylic acid groups (broad SMARTS) is 1. The Hall–Kier alpha value is -5.55. The highest BCUT2D eigenvalue weighted by molar-refractivity contribution is 6.13. The van der Waals surface area contributed by atoms with Crippen molar-refractivity contribution >= 4 is 51.6 Å². The fourth-order valence-electron chi connectivity index (χ4n) is 5.50. The van der Waals surface area contributed by atoms with Gasteiger partial charge in [0.2, 0.25) is 5.91 Å². The summed E-state index contributed by atoms with van der Waals surface area (Å²) in [5.74, 6) is -2.01. The number of carbonyl (C=O) groups excluding carboxylic acids is 4. The van der Waals surface area contributed by atoms with Gasteiger partial charge >= 0.3 is 5.97 Å². The highest BCUT2D eigenvalue weighted by Crippen LogP contribution is 2.38. The molecule has 0 bridgehead atoms. The number of para-hydroxylation sites is 2. The van der Waals surface area contributed by atoms with Gasteiger partial charge in [0.1, 0.15) is 11.8 Å². The number of ether oxygens (including phenoxy) is 1. The van der Waals surface area contributed by atoms with Crippen LogP contribution in [0.15, 0.2) is 78.9 Å². The Bertz CT molecular complexity index is 1850. The first kappa shape index (κ1) is 31.9. The van der Waals surface area contributed by atoms with E-state index < -0.39 is 35.8 Å². The lowest BCUT2D eigenvalue weighted by Gasteiger charge is -2.27. The van der Waals surface area contributed by atoms with E-state index in [2.05, 4.69) is 10.6 Å². The number of likely N-dealkylation sites (N-methyl/N-ethyl adjacent to an activating group) is 1. The molecular formula is C35H34N4O7. The lowest BCUT2D eigenvalue weighted by atomic mass is 10.00. The number of carboxylic acids is 1. The van der Waals surface area contributed by atoms with Crippen LogP contribution in [-0.2, 0) is 16.1 Å². The fraction of sp³-hybridized carbons (Fsp3) is 0.229. The van der Waals surface area contributed by atoms with Gasteiger partial charge in [-0.05, 0) is 74.1 Å². The van der Waals surface area contributed by atoms with Gasteiger partial charge in [-0.15, -0.1) is 0 Å². The summed E-state index contributed by atoms with van der Waals surface area (Å²) >= 11 is 0. The third-order valence-corrected chi connectivity index (χ3v) is 8.19. The smallest absolute Gasteiger partial charge is 0.335 e. The average molecular weight is 623 g/mol. The molecule has 1 aliphatic rings. The Morgan fingerprint density at radius 2 is 1.59 bits per heavy atom. The number of anilines is 2. The zero-order valence-corrected chi connectivity index (χ0v) is 25.9. The van der Waals surface area contributed by atoms with E-state index in [-0.39, 0.29) is 24.4 Å². The van der Waals surface area contributed by atoms with Crippen molar-refractivity contribution in [2.24, 2.45) is 0 Å². The molecule has 11 heteroatoms. The van der Waals surface area contributed by atoms with Crippen LogP contribution in [0.1, 0.15) is 50.5 Å². The molecule has 0 saturated carbocycles. The summed E-state index contributed by atoms with van der Waals surface area (Å²) in [4.78, 5) is 68.1. The van der Waals surface area contributed by atoms with Gasteiger partial charge in [0.15, 0.2) is 5.78 Å². The molecule has 236 valence electrons. The highest BCUT2D eigenvalue weighted by atomic mass is 16.5.